The molecule has 0 bridgehead atoms. The molecule has 1 aliphatic rings. The Bertz CT molecular complexity index is 1450. The molecule has 1 amide bonds. The van der Waals surface area contributed by atoms with Crippen LogP contribution in [0.4, 0.5) is 5.69 Å². The van der Waals surface area contributed by atoms with Gasteiger partial charge in [0.2, 0.25) is 5.88 Å². The number of benzene rings is 1. The SMILES string of the molecule is CCn1c(O)c(N=NC(=O)Cn2cnc3sc4c(c3c2=O)CC[C@H](C)C4)c2ccccc21. The molecule has 3 aromatic heterocycles. The first-order valence-electron chi connectivity index (χ1n) is 10.7. The van der Waals surface area contributed by atoms with Crippen LogP contribution in [0.5, 0.6) is 5.88 Å². The lowest BCUT2D eigenvalue weighted by Gasteiger charge is -2.17. The van der Waals surface area contributed by atoms with E-state index in [1.807, 2.05) is 31.2 Å². The second kappa shape index (κ2) is 7.98. The summed E-state index contributed by atoms with van der Waals surface area (Å²) < 4.78 is 3.00. The lowest BCUT2D eigenvalue weighted by molar-refractivity contribution is -0.118. The maximum atomic E-state index is 13.1. The molecular formula is C23H23N5O3S. The highest BCUT2D eigenvalue weighted by atomic mass is 32.1. The minimum atomic E-state index is -0.585. The van der Waals surface area contributed by atoms with Gasteiger partial charge in [-0.05, 0) is 43.7 Å². The predicted octanol–water partition coefficient (Wildman–Crippen LogP) is 4.57. The van der Waals surface area contributed by atoms with E-state index in [1.165, 1.54) is 15.8 Å². The first-order chi connectivity index (χ1) is 15.5. The first kappa shape index (κ1) is 20.6. The van der Waals surface area contributed by atoms with E-state index in [0.29, 0.717) is 23.2 Å². The Morgan fingerprint density at radius 3 is 2.97 bits per heavy atom. The summed E-state index contributed by atoms with van der Waals surface area (Å²) in [7, 11) is 0. The van der Waals surface area contributed by atoms with Crippen molar-refractivity contribution in [3.8, 4) is 5.88 Å². The lowest BCUT2D eigenvalue weighted by atomic mass is 9.89. The molecule has 0 saturated heterocycles. The number of hydrogen-bond acceptors (Lipinski definition) is 6. The fourth-order valence-electron chi connectivity index (χ4n) is 4.45. The van der Waals surface area contributed by atoms with E-state index >= 15 is 0 Å². The largest absolute Gasteiger partial charge is 0.493 e. The Balaban J connectivity index is 1.45. The number of azo groups is 1. The summed E-state index contributed by atoms with van der Waals surface area (Å²) in [5.41, 5.74) is 1.94. The van der Waals surface area contributed by atoms with Gasteiger partial charge in [0, 0.05) is 16.8 Å². The molecule has 32 heavy (non-hydrogen) atoms. The van der Waals surface area contributed by atoms with Crippen molar-refractivity contribution in [1.29, 1.82) is 0 Å². The second-order valence-electron chi connectivity index (χ2n) is 8.24. The average Bonchev–Trinajstić information content (AvgIpc) is 3.28. The van der Waals surface area contributed by atoms with Crippen molar-refractivity contribution in [2.24, 2.45) is 16.1 Å². The van der Waals surface area contributed by atoms with Crippen molar-refractivity contribution in [3.63, 3.8) is 0 Å². The highest BCUT2D eigenvalue weighted by molar-refractivity contribution is 7.18. The minimum absolute atomic E-state index is 0.0374. The number of para-hydroxylation sites is 1. The normalized spacial score (nSPS) is 16.2. The fourth-order valence-corrected chi connectivity index (χ4v) is 5.79. The molecule has 0 fully saturated rings. The number of nitrogens with zero attached hydrogens (tertiary/aromatic N) is 5. The zero-order chi connectivity index (χ0) is 22.4. The van der Waals surface area contributed by atoms with Crippen molar-refractivity contribution in [1.82, 2.24) is 14.1 Å². The Morgan fingerprint density at radius 2 is 2.16 bits per heavy atom. The van der Waals surface area contributed by atoms with Crippen LogP contribution in [0.15, 0.2) is 45.6 Å². The molecule has 4 aromatic rings. The molecular weight excluding hydrogens is 426 g/mol. The summed E-state index contributed by atoms with van der Waals surface area (Å²) in [6.45, 7) is 4.44. The molecule has 164 valence electrons. The first-order valence-corrected chi connectivity index (χ1v) is 11.5. The molecule has 1 aromatic carbocycles. The predicted molar refractivity (Wildman–Crippen MR) is 124 cm³/mol. The number of aromatic hydroxyl groups is 1. The molecule has 0 unspecified atom stereocenters. The van der Waals surface area contributed by atoms with Gasteiger partial charge >= 0.3 is 0 Å². The number of thiophene rings is 1. The summed E-state index contributed by atoms with van der Waals surface area (Å²) >= 11 is 1.58. The van der Waals surface area contributed by atoms with E-state index in [-0.39, 0.29) is 23.7 Å². The van der Waals surface area contributed by atoms with E-state index < -0.39 is 5.91 Å². The van der Waals surface area contributed by atoms with Crippen LogP contribution in [0.3, 0.4) is 0 Å². The quantitative estimate of drug-likeness (QED) is 0.461. The Hall–Kier alpha value is -3.33. The van der Waals surface area contributed by atoms with E-state index in [9.17, 15) is 14.7 Å². The van der Waals surface area contributed by atoms with Crippen LogP contribution >= 0.6 is 11.3 Å². The van der Waals surface area contributed by atoms with Crippen LogP contribution in [-0.2, 0) is 30.7 Å². The second-order valence-corrected chi connectivity index (χ2v) is 9.32. The van der Waals surface area contributed by atoms with Crippen LogP contribution in [-0.4, -0.2) is 25.1 Å². The molecule has 9 heteroatoms. The minimum Gasteiger partial charge on any atom is -0.493 e. The van der Waals surface area contributed by atoms with Crippen LogP contribution in [0.1, 0.15) is 30.7 Å². The number of hydrogen-bond donors (Lipinski definition) is 1. The van der Waals surface area contributed by atoms with Gasteiger partial charge in [0.25, 0.3) is 11.5 Å². The standard InChI is InChI=1S/C23H23N5O3S/c1-3-28-16-7-5-4-6-14(16)20(23(28)31)26-25-18(29)11-27-12-24-21-19(22(27)30)15-9-8-13(2)10-17(15)32-21/h4-7,12-13,31H,3,8-11H2,1-2H3/t13-/m0/s1. The summed E-state index contributed by atoms with van der Waals surface area (Å²) in [6, 6.07) is 7.41. The molecule has 0 spiro atoms. The summed E-state index contributed by atoms with van der Waals surface area (Å²) in [6.07, 6.45) is 4.29. The number of carbonyl (C=O) groups excluding carboxylic acids is 1. The highest BCUT2D eigenvalue weighted by Gasteiger charge is 2.23. The fraction of sp³-hybridized carbons (Fsp3) is 0.348. The molecule has 1 N–H and O–H groups in total. The van der Waals surface area contributed by atoms with Crippen LogP contribution in [0.2, 0.25) is 0 Å². The monoisotopic (exact) mass is 449 g/mol. The molecule has 3 heterocycles. The maximum Gasteiger partial charge on any atom is 0.284 e. The van der Waals surface area contributed by atoms with E-state index in [2.05, 4.69) is 22.1 Å². The smallest absolute Gasteiger partial charge is 0.284 e. The Kier molecular flexibility index (Phi) is 5.13. The summed E-state index contributed by atoms with van der Waals surface area (Å²) in [5, 5.41) is 19.7. The van der Waals surface area contributed by atoms with Crippen LogP contribution < -0.4 is 5.56 Å². The zero-order valence-corrected chi connectivity index (χ0v) is 18.7. The van der Waals surface area contributed by atoms with Crippen molar-refractivity contribution >= 4 is 44.1 Å². The van der Waals surface area contributed by atoms with E-state index in [4.69, 9.17) is 0 Å². The molecule has 1 atom stereocenters. The summed E-state index contributed by atoms with van der Waals surface area (Å²) in [5.74, 6) is -0.0156. The average molecular weight is 450 g/mol. The topological polar surface area (TPSA) is 102 Å². The summed E-state index contributed by atoms with van der Waals surface area (Å²) in [4.78, 5) is 32.0. The van der Waals surface area contributed by atoms with Crippen molar-refractivity contribution in [3.05, 3.63) is 51.4 Å². The maximum absolute atomic E-state index is 13.1. The number of fused-ring (bicyclic) bond motifs is 4. The van der Waals surface area contributed by atoms with Crippen LogP contribution in [0, 0.1) is 5.92 Å². The van der Waals surface area contributed by atoms with E-state index in [1.54, 1.807) is 15.9 Å². The molecule has 0 aliphatic heterocycles. The zero-order valence-electron chi connectivity index (χ0n) is 17.9. The number of carbonyl (C=O) groups is 1. The number of aromatic nitrogens is 3. The Labute approximate surface area is 187 Å². The number of amides is 1. The van der Waals surface area contributed by atoms with Gasteiger partial charge in [0.05, 0.1) is 17.2 Å². The molecule has 0 radical (unpaired) electrons. The van der Waals surface area contributed by atoms with Crippen molar-refractivity contribution in [2.45, 2.75) is 46.2 Å². The lowest BCUT2D eigenvalue weighted by Crippen LogP contribution is -2.24. The van der Waals surface area contributed by atoms with Gasteiger partial charge < -0.3 is 9.67 Å². The molecule has 1 aliphatic carbocycles. The number of rotatable bonds is 4. The number of aryl methyl sites for hydroxylation is 2. The van der Waals surface area contributed by atoms with Crippen LogP contribution in [0.25, 0.3) is 21.1 Å². The van der Waals surface area contributed by atoms with Gasteiger partial charge in [-0.25, -0.2) is 4.98 Å². The van der Waals surface area contributed by atoms with Crippen molar-refractivity contribution < 1.29 is 9.90 Å². The third-order valence-corrected chi connectivity index (χ3v) is 7.25. The van der Waals surface area contributed by atoms with Gasteiger partial charge in [-0.2, -0.15) is 0 Å². The third kappa shape index (κ3) is 3.33. The van der Waals surface area contributed by atoms with Gasteiger partial charge in [-0.1, -0.05) is 25.1 Å². The molecule has 5 rings (SSSR count). The molecule has 0 saturated carbocycles. The van der Waals surface area contributed by atoms with Gasteiger partial charge in [-0.15, -0.1) is 21.6 Å². The van der Waals surface area contributed by atoms with Crippen molar-refractivity contribution in [2.75, 3.05) is 0 Å². The molecule has 8 nitrogen and oxygen atoms in total. The Morgan fingerprint density at radius 1 is 1.34 bits per heavy atom. The highest BCUT2D eigenvalue weighted by Crippen LogP contribution is 2.39. The van der Waals surface area contributed by atoms with Gasteiger partial charge in [-0.3, -0.25) is 14.2 Å². The third-order valence-electron chi connectivity index (χ3n) is 6.08. The van der Waals surface area contributed by atoms with Gasteiger partial charge in [0.15, 0.2) is 5.69 Å². The van der Waals surface area contributed by atoms with E-state index in [0.717, 1.165) is 35.2 Å². The van der Waals surface area contributed by atoms with Gasteiger partial charge in [0.1, 0.15) is 11.4 Å².